The summed E-state index contributed by atoms with van der Waals surface area (Å²) in [6.45, 7) is 3.33. The quantitative estimate of drug-likeness (QED) is 0.753. The maximum absolute atomic E-state index is 12.2. The average Bonchev–Trinajstić information content (AvgIpc) is 2.92. The minimum atomic E-state index is -0.282. The number of H-pyrrole nitrogens is 1. The molecule has 1 amide bonds. The molecule has 0 aliphatic rings. The minimum absolute atomic E-state index is 0.215. The third-order valence-electron chi connectivity index (χ3n) is 3.05. The van der Waals surface area contributed by atoms with Crippen LogP contribution in [-0.4, -0.2) is 25.7 Å². The Balaban J connectivity index is 2.19. The highest BCUT2D eigenvalue weighted by Gasteiger charge is 2.14. The van der Waals surface area contributed by atoms with Crippen molar-refractivity contribution in [1.29, 1.82) is 0 Å². The molecule has 3 aromatic heterocycles. The molecule has 2 N–H and O–H groups in total. The number of anilines is 1. The van der Waals surface area contributed by atoms with Crippen molar-refractivity contribution in [2.45, 2.75) is 13.8 Å². The normalized spacial score (nSPS) is 11.0. The number of pyridine rings is 1. The van der Waals surface area contributed by atoms with Crippen LogP contribution >= 0.6 is 11.3 Å². The van der Waals surface area contributed by atoms with E-state index >= 15 is 0 Å². The lowest BCUT2D eigenvalue weighted by atomic mass is 10.2. The smallest absolute Gasteiger partial charge is 0.275 e. The van der Waals surface area contributed by atoms with Crippen molar-refractivity contribution >= 4 is 32.6 Å². The SMILES string of the molecule is CC(=O)Nc1nc2c(=O)[nH]c(-c3c(C)cnn3C)cc2s1. The summed E-state index contributed by atoms with van der Waals surface area (Å²) in [5.41, 5.74) is 2.55. The molecule has 0 saturated carbocycles. The number of aromatic amines is 1. The van der Waals surface area contributed by atoms with Gasteiger partial charge in [-0.05, 0) is 18.6 Å². The van der Waals surface area contributed by atoms with Gasteiger partial charge in [0.15, 0.2) is 5.13 Å². The second-order valence-corrected chi connectivity index (χ2v) is 5.76. The lowest BCUT2D eigenvalue weighted by Gasteiger charge is -2.03. The van der Waals surface area contributed by atoms with E-state index in [1.54, 1.807) is 10.9 Å². The maximum atomic E-state index is 12.2. The number of rotatable bonds is 2. The Labute approximate surface area is 123 Å². The van der Waals surface area contributed by atoms with E-state index in [9.17, 15) is 9.59 Å². The first-order valence-corrected chi connectivity index (χ1v) is 7.08. The van der Waals surface area contributed by atoms with Crippen molar-refractivity contribution in [3.05, 3.63) is 28.2 Å². The van der Waals surface area contributed by atoms with Gasteiger partial charge in [-0.25, -0.2) is 4.98 Å². The lowest BCUT2D eigenvalue weighted by Crippen LogP contribution is -2.09. The highest BCUT2D eigenvalue weighted by molar-refractivity contribution is 7.22. The summed E-state index contributed by atoms with van der Waals surface area (Å²) in [4.78, 5) is 30.2. The van der Waals surface area contributed by atoms with Crippen LogP contribution in [0.3, 0.4) is 0 Å². The molecule has 108 valence electrons. The fraction of sp³-hybridized carbons (Fsp3) is 0.231. The van der Waals surface area contributed by atoms with Gasteiger partial charge in [0.05, 0.1) is 22.3 Å². The first-order chi connectivity index (χ1) is 9.95. The molecular formula is C13H13N5O2S. The first-order valence-electron chi connectivity index (χ1n) is 6.26. The molecule has 0 aliphatic carbocycles. The summed E-state index contributed by atoms with van der Waals surface area (Å²) in [6.07, 6.45) is 1.74. The van der Waals surface area contributed by atoms with Crippen LogP contribution in [0.25, 0.3) is 21.6 Å². The number of fused-ring (bicyclic) bond motifs is 1. The van der Waals surface area contributed by atoms with Gasteiger partial charge in [0.25, 0.3) is 5.56 Å². The highest BCUT2D eigenvalue weighted by atomic mass is 32.1. The van der Waals surface area contributed by atoms with Crippen LogP contribution in [0.15, 0.2) is 17.1 Å². The average molecular weight is 303 g/mol. The standard InChI is InChI=1S/C13H13N5O2S/c1-6-5-14-18(3)11(6)8-4-9-10(12(20)16-8)17-13(21-9)15-7(2)19/h4-5H,1-3H3,(H,16,20)(H,15,17,19). The van der Waals surface area contributed by atoms with Crippen LogP contribution in [0.4, 0.5) is 5.13 Å². The number of nitrogens with one attached hydrogen (secondary N) is 2. The summed E-state index contributed by atoms with van der Waals surface area (Å²) in [6, 6.07) is 1.85. The largest absolute Gasteiger partial charge is 0.319 e. The van der Waals surface area contributed by atoms with Gasteiger partial charge < -0.3 is 10.3 Å². The van der Waals surface area contributed by atoms with Crippen LogP contribution in [0.1, 0.15) is 12.5 Å². The van der Waals surface area contributed by atoms with Gasteiger partial charge in [0.1, 0.15) is 5.52 Å². The molecule has 21 heavy (non-hydrogen) atoms. The molecular weight excluding hydrogens is 290 g/mol. The molecule has 0 aliphatic heterocycles. The molecule has 3 heterocycles. The number of aromatic nitrogens is 4. The highest BCUT2D eigenvalue weighted by Crippen LogP contribution is 2.28. The Morgan fingerprint density at radius 2 is 2.24 bits per heavy atom. The van der Waals surface area contributed by atoms with Crippen molar-refractivity contribution in [2.75, 3.05) is 5.32 Å². The summed E-state index contributed by atoms with van der Waals surface area (Å²) in [5.74, 6) is -0.215. The third kappa shape index (κ3) is 2.33. The van der Waals surface area contributed by atoms with Crippen molar-refractivity contribution < 1.29 is 4.79 Å². The second kappa shape index (κ2) is 4.81. The molecule has 7 nitrogen and oxygen atoms in total. The topological polar surface area (TPSA) is 92.7 Å². The fourth-order valence-corrected chi connectivity index (χ4v) is 3.16. The predicted octanol–water partition coefficient (Wildman–Crippen LogP) is 1.65. The molecule has 3 rings (SSSR count). The van der Waals surface area contributed by atoms with E-state index in [-0.39, 0.29) is 11.5 Å². The summed E-state index contributed by atoms with van der Waals surface area (Å²) in [5, 5.41) is 7.19. The Morgan fingerprint density at radius 3 is 2.86 bits per heavy atom. The Hall–Kier alpha value is -2.48. The number of carbonyl (C=O) groups is 1. The predicted molar refractivity (Wildman–Crippen MR) is 81.5 cm³/mol. The molecule has 0 saturated heterocycles. The van der Waals surface area contributed by atoms with Crippen LogP contribution in [0.2, 0.25) is 0 Å². The molecule has 0 unspecified atom stereocenters. The number of hydrogen-bond donors (Lipinski definition) is 2. The number of nitrogens with zero attached hydrogens (tertiary/aromatic N) is 3. The Kier molecular flexibility index (Phi) is 3.09. The van der Waals surface area contributed by atoms with Gasteiger partial charge in [0, 0.05) is 14.0 Å². The van der Waals surface area contributed by atoms with Crippen LogP contribution < -0.4 is 10.9 Å². The van der Waals surface area contributed by atoms with Gasteiger partial charge in [0.2, 0.25) is 5.91 Å². The van der Waals surface area contributed by atoms with Crippen LogP contribution in [-0.2, 0) is 11.8 Å². The summed E-state index contributed by atoms with van der Waals surface area (Å²) in [7, 11) is 1.82. The molecule has 0 aromatic carbocycles. The van der Waals surface area contributed by atoms with Gasteiger partial charge in [-0.15, -0.1) is 0 Å². The monoisotopic (exact) mass is 303 g/mol. The fourth-order valence-electron chi connectivity index (χ4n) is 2.21. The zero-order chi connectivity index (χ0) is 15.1. The number of aryl methyl sites for hydroxylation is 2. The van der Waals surface area contributed by atoms with E-state index in [1.807, 2.05) is 20.0 Å². The second-order valence-electron chi connectivity index (χ2n) is 4.72. The molecule has 0 spiro atoms. The molecule has 0 bridgehead atoms. The van der Waals surface area contributed by atoms with Gasteiger partial charge >= 0.3 is 0 Å². The molecule has 8 heteroatoms. The van der Waals surface area contributed by atoms with Gasteiger partial charge in [-0.2, -0.15) is 5.10 Å². The summed E-state index contributed by atoms with van der Waals surface area (Å²) >= 11 is 1.27. The lowest BCUT2D eigenvalue weighted by molar-refractivity contribution is -0.114. The summed E-state index contributed by atoms with van der Waals surface area (Å²) < 4.78 is 2.43. The zero-order valence-electron chi connectivity index (χ0n) is 11.7. The molecule has 0 radical (unpaired) electrons. The number of amides is 1. The molecule has 3 aromatic rings. The van der Waals surface area contributed by atoms with E-state index in [1.165, 1.54) is 18.3 Å². The van der Waals surface area contributed by atoms with Crippen molar-refractivity contribution in [1.82, 2.24) is 19.7 Å². The van der Waals surface area contributed by atoms with Crippen molar-refractivity contribution in [3.63, 3.8) is 0 Å². The molecule has 0 atom stereocenters. The minimum Gasteiger partial charge on any atom is -0.319 e. The van der Waals surface area contributed by atoms with E-state index in [2.05, 4.69) is 20.4 Å². The van der Waals surface area contributed by atoms with Crippen molar-refractivity contribution in [2.24, 2.45) is 7.05 Å². The van der Waals surface area contributed by atoms with Gasteiger partial charge in [-0.1, -0.05) is 11.3 Å². The maximum Gasteiger partial charge on any atom is 0.275 e. The number of thiazole rings is 1. The number of hydrogen-bond acceptors (Lipinski definition) is 5. The zero-order valence-corrected chi connectivity index (χ0v) is 12.5. The third-order valence-corrected chi connectivity index (χ3v) is 3.97. The Bertz CT molecular complexity index is 886. The Morgan fingerprint density at radius 1 is 1.48 bits per heavy atom. The van der Waals surface area contributed by atoms with E-state index < -0.39 is 0 Å². The van der Waals surface area contributed by atoms with Crippen molar-refractivity contribution in [3.8, 4) is 11.4 Å². The van der Waals surface area contributed by atoms with Crippen LogP contribution in [0, 0.1) is 6.92 Å². The van der Waals surface area contributed by atoms with Gasteiger partial charge in [-0.3, -0.25) is 14.3 Å². The molecule has 0 fully saturated rings. The first kappa shape index (κ1) is 13.5. The van der Waals surface area contributed by atoms with E-state index in [0.717, 1.165) is 16.0 Å². The van der Waals surface area contributed by atoms with E-state index in [0.29, 0.717) is 16.3 Å². The van der Waals surface area contributed by atoms with E-state index in [4.69, 9.17) is 0 Å². The number of carbonyl (C=O) groups excluding carboxylic acids is 1. The van der Waals surface area contributed by atoms with Crippen LogP contribution in [0.5, 0.6) is 0 Å².